The van der Waals surface area contributed by atoms with Crippen LogP contribution in [-0.2, 0) is 9.59 Å². The Hall–Kier alpha value is -1.01. The maximum Gasteiger partial charge on any atom is 0.243 e. The smallest absolute Gasteiger partial charge is 0.243 e. The number of benzene rings is 1. The molecule has 5 nitrogen and oxygen atoms in total. The van der Waals surface area contributed by atoms with Crippen LogP contribution in [-0.4, -0.2) is 24.4 Å². The summed E-state index contributed by atoms with van der Waals surface area (Å²) in [4.78, 5) is 23.7. The van der Waals surface area contributed by atoms with Gasteiger partial charge in [-0.3, -0.25) is 9.59 Å². The van der Waals surface area contributed by atoms with Crippen LogP contribution in [0.25, 0.3) is 0 Å². The molecular weight excluding hydrogens is 349 g/mol. The van der Waals surface area contributed by atoms with Crippen LogP contribution in [0, 0.1) is 5.92 Å². The number of nitrogens with two attached hydrogens (primary N) is 1. The summed E-state index contributed by atoms with van der Waals surface area (Å²) in [6, 6.07) is 4.86. The molecular formula is C14H18Cl3N3O2. The van der Waals surface area contributed by atoms with Crippen molar-refractivity contribution in [1.82, 2.24) is 5.32 Å². The second-order valence-corrected chi connectivity index (χ2v) is 6.00. The van der Waals surface area contributed by atoms with Crippen molar-refractivity contribution in [1.29, 1.82) is 0 Å². The van der Waals surface area contributed by atoms with Crippen LogP contribution in [0.4, 0.5) is 5.69 Å². The molecule has 2 rings (SSSR count). The highest BCUT2D eigenvalue weighted by atomic mass is 35.5. The van der Waals surface area contributed by atoms with Crippen LogP contribution < -0.4 is 16.4 Å². The summed E-state index contributed by atoms with van der Waals surface area (Å²) in [6.07, 6.45) is 2.30. The topological polar surface area (TPSA) is 84.2 Å². The third kappa shape index (κ3) is 5.32. The molecule has 0 saturated heterocycles. The average Bonchev–Trinajstić information content (AvgIpc) is 2.87. The van der Waals surface area contributed by atoms with Crippen molar-refractivity contribution in [3.05, 3.63) is 28.2 Å². The summed E-state index contributed by atoms with van der Waals surface area (Å²) >= 11 is 11.8. The zero-order valence-electron chi connectivity index (χ0n) is 11.8. The first-order valence-corrected chi connectivity index (χ1v) is 7.49. The van der Waals surface area contributed by atoms with E-state index in [1.165, 1.54) is 0 Å². The van der Waals surface area contributed by atoms with Gasteiger partial charge in [0.15, 0.2) is 0 Å². The molecule has 0 heterocycles. The SMILES string of the molecule is Cl.NC1CCC(C(=O)NCC(=O)Nc2cc(Cl)ccc2Cl)C1. The van der Waals surface area contributed by atoms with Crippen molar-refractivity contribution in [2.24, 2.45) is 11.7 Å². The maximum absolute atomic E-state index is 11.9. The summed E-state index contributed by atoms with van der Waals surface area (Å²) in [6.45, 7) is -0.104. The number of hydrogen-bond donors (Lipinski definition) is 3. The number of carbonyl (C=O) groups excluding carboxylic acids is 2. The van der Waals surface area contributed by atoms with E-state index in [9.17, 15) is 9.59 Å². The molecule has 8 heteroatoms. The standard InChI is InChI=1S/C14H17Cl2N3O2.ClH/c15-9-2-4-11(16)12(6-9)19-13(20)7-18-14(21)8-1-3-10(17)5-8;/h2,4,6,8,10H,1,3,5,7,17H2,(H,18,21)(H,19,20);1H. The maximum atomic E-state index is 11.9. The minimum absolute atomic E-state index is 0. The monoisotopic (exact) mass is 365 g/mol. The number of rotatable bonds is 4. The van der Waals surface area contributed by atoms with Crippen LogP contribution in [0.2, 0.25) is 10.0 Å². The van der Waals surface area contributed by atoms with E-state index in [1.807, 2.05) is 0 Å². The van der Waals surface area contributed by atoms with Crippen LogP contribution in [0.15, 0.2) is 18.2 Å². The van der Waals surface area contributed by atoms with Gasteiger partial charge < -0.3 is 16.4 Å². The molecule has 1 aromatic rings. The largest absolute Gasteiger partial charge is 0.347 e. The Labute approximate surface area is 145 Å². The average molecular weight is 367 g/mol. The minimum atomic E-state index is -0.352. The molecule has 0 spiro atoms. The van der Waals surface area contributed by atoms with Crippen molar-refractivity contribution >= 4 is 53.1 Å². The van der Waals surface area contributed by atoms with E-state index >= 15 is 0 Å². The predicted octanol–water partition coefficient (Wildman–Crippen LogP) is 2.60. The Morgan fingerprint density at radius 3 is 2.64 bits per heavy atom. The second-order valence-electron chi connectivity index (χ2n) is 5.16. The van der Waals surface area contributed by atoms with Gasteiger partial charge in [-0.2, -0.15) is 0 Å². The first-order chi connectivity index (χ1) is 9.95. The van der Waals surface area contributed by atoms with Crippen molar-refractivity contribution in [3.63, 3.8) is 0 Å². The summed E-state index contributed by atoms with van der Waals surface area (Å²) < 4.78 is 0. The molecule has 1 aromatic carbocycles. The third-order valence-electron chi connectivity index (χ3n) is 3.47. The molecule has 2 amide bonds. The Morgan fingerprint density at radius 2 is 2.00 bits per heavy atom. The predicted molar refractivity (Wildman–Crippen MR) is 90.7 cm³/mol. The lowest BCUT2D eigenvalue weighted by Gasteiger charge is -2.11. The Bertz CT molecular complexity index is 554. The summed E-state index contributed by atoms with van der Waals surface area (Å²) in [7, 11) is 0. The van der Waals surface area contributed by atoms with Crippen molar-refractivity contribution in [2.75, 3.05) is 11.9 Å². The lowest BCUT2D eigenvalue weighted by atomic mass is 10.1. The molecule has 1 aliphatic rings. The van der Waals surface area contributed by atoms with Gasteiger partial charge in [-0.05, 0) is 37.5 Å². The van der Waals surface area contributed by atoms with E-state index in [1.54, 1.807) is 18.2 Å². The van der Waals surface area contributed by atoms with Gasteiger partial charge in [0.05, 0.1) is 17.3 Å². The first-order valence-electron chi connectivity index (χ1n) is 6.74. The highest BCUT2D eigenvalue weighted by Gasteiger charge is 2.27. The van der Waals surface area contributed by atoms with Gasteiger partial charge in [-0.25, -0.2) is 0 Å². The van der Waals surface area contributed by atoms with Gasteiger partial charge in [0, 0.05) is 17.0 Å². The molecule has 0 aromatic heterocycles. The lowest BCUT2D eigenvalue weighted by Crippen LogP contribution is -2.36. The molecule has 1 saturated carbocycles. The van der Waals surface area contributed by atoms with E-state index < -0.39 is 0 Å². The zero-order valence-corrected chi connectivity index (χ0v) is 14.1. The fourth-order valence-corrected chi connectivity index (χ4v) is 2.69. The minimum Gasteiger partial charge on any atom is -0.347 e. The normalized spacial score (nSPS) is 20.1. The zero-order chi connectivity index (χ0) is 15.4. The van der Waals surface area contributed by atoms with Crippen LogP contribution >= 0.6 is 35.6 Å². The van der Waals surface area contributed by atoms with Gasteiger partial charge in [0.2, 0.25) is 11.8 Å². The number of anilines is 1. The Morgan fingerprint density at radius 1 is 1.27 bits per heavy atom. The van der Waals surface area contributed by atoms with Gasteiger partial charge in [-0.1, -0.05) is 23.2 Å². The highest BCUT2D eigenvalue weighted by molar-refractivity contribution is 6.35. The number of amides is 2. The molecule has 1 aliphatic carbocycles. The van der Waals surface area contributed by atoms with E-state index in [0.29, 0.717) is 22.2 Å². The van der Waals surface area contributed by atoms with Crippen molar-refractivity contribution in [3.8, 4) is 0 Å². The molecule has 0 bridgehead atoms. The van der Waals surface area contributed by atoms with E-state index in [2.05, 4.69) is 10.6 Å². The summed E-state index contributed by atoms with van der Waals surface area (Å²) in [5, 5.41) is 6.09. The van der Waals surface area contributed by atoms with Gasteiger partial charge >= 0.3 is 0 Å². The molecule has 0 aliphatic heterocycles. The molecule has 0 radical (unpaired) electrons. The summed E-state index contributed by atoms with van der Waals surface area (Å²) in [5.41, 5.74) is 6.19. The van der Waals surface area contributed by atoms with Gasteiger partial charge in [0.1, 0.15) is 0 Å². The molecule has 22 heavy (non-hydrogen) atoms. The van der Waals surface area contributed by atoms with Crippen LogP contribution in [0.5, 0.6) is 0 Å². The van der Waals surface area contributed by atoms with Crippen LogP contribution in [0.3, 0.4) is 0 Å². The molecule has 4 N–H and O–H groups in total. The van der Waals surface area contributed by atoms with Gasteiger partial charge in [0.25, 0.3) is 0 Å². The van der Waals surface area contributed by atoms with E-state index in [4.69, 9.17) is 28.9 Å². The highest BCUT2D eigenvalue weighted by Crippen LogP contribution is 2.25. The van der Waals surface area contributed by atoms with Crippen LogP contribution in [0.1, 0.15) is 19.3 Å². The number of halogens is 3. The number of nitrogens with one attached hydrogen (secondary N) is 2. The number of carbonyl (C=O) groups is 2. The molecule has 1 fully saturated rings. The second kappa shape index (κ2) is 8.58. The number of hydrogen-bond acceptors (Lipinski definition) is 3. The van der Waals surface area contributed by atoms with Crippen molar-refractivity contribution in [2.45, 2.75) is 25.3 Å². The Balaban J connectivity index is 0.00000242. The van der Waals surface area contributed by atoms with E-state index in [0.717, 1.165) is 12.8 Å². The fourth-order valence-electron chi connectivity index (χ4n) is 2.35. The molecule has 2 atom stereocenters. The quantitative estimate of drug-likeness (QED) is 0.766. The summed E-state index contributed by atoms with van der Waals surface area (Å²) in [5.74, 6) is -0.576. The van der Waals surface area contributed by atoms with Crippen molar-refractivity contribution < 1.29 is 9.59 Å². The lowest BCUT2D eigenvalue weighted by molar-refractivity contribution is -0.127. The molecule has 2 unspecified atom stereocenters. The first kappa shape index (κ1) is 19.0. The molecule has 122 valence electrons. The fraction of sp³-hybridized carbons (Fsp3) is 0.429. The Kier molecular flexibility index (Phi) is 7.42. The van der Waals surface area contributed by atoms with Gasteiger partial charge in [-0.15, -0.1) is 12.4 Å². The van der Waals surface area contributed by atoms with E-state index in [-0.39, 0.29) is 42.7 Å². The third-order valence-corrected chi connectivity index (χ3v) is 4.03.